The van der Waals surface area contributed by atoms with E-state index in [1.807, 2.05) is 12.1 Å². The first kappa shape index (κ1) is 13.5. The summed E-state index contributed by atoms with van der Waals surface area (Å²) in [4.78, 5) is 2.44. The molecule has 1 aromatic carbocycles. The molecule has 0 radical (unpaired) electrons. The lowest BCUT2D eigenvalue weighted by molar-refractivity contribution is 0.0479. The predicted octanol–water partition coefficient (Wildman–Crippen LogP) is 2.60. The van der Waals surface area contributed by atoms with Crippen LogP contribution in [0, 0.1) is 5.82 Å². The van der Waals surface area contributed by atoms with Crippen LogP contribution in [0.15, 0.2) is 24.3 Å². The fourth-order valence-corrected chi connectivity index (χ4v) is 2.67. The van der Waals surface area contributed by atoms with Gasteiger partial charge in [0.1, 0.15) is 5.82 Å². The maximum absolute atomic E-state index is 12.8. The molecule has 2 atom stereocenters. The van der Waals surface area contributed by atoms with E-state index >= 15 is 0 Å². The molecule has 18 heavy (non-hydrogen) atoms. The van der Waals surface area contributed by atoms with Crippen LogP contribution in [0.4, 0.5) is 4.39 Å². The lowest BCUT2D eigenvalue weighted by Crippen LogP contribution is -2.43. The maximum Gasteiger partial charge on any atom is 0.123 e. The average Bonchev–Trinajstić information content (AvgIpc) is 2.34. The molecule has 1 saturated heterocycles. The Labute approximate surface area is 108 Å². The van der Waals surface area contributed by atoms with Crippen molar-refractivity contribution in [2.45, 2.75) is 44.8 Å². The third kappa shape index (κ3) is 3.79. The van der Waals surface area contributed by atoms with Crippen LogP contribution in [0.2, 0.25) is 0 Å². The number of benzene rings is 1. The van der Waals surface area contributed by atoms with Gasteiger partial charge in [-0.1, -0.05) is 12.1 Å². The summed E-state index contributed by atoms with van der Waals surface area (Å²) in [5.74, 6) is -0.169. The number of aliphatic hydroxyl groups excluding tert-OH is 1. The van der Waals surface area contributed by atoms with Gasteiger partial charge in [0.05, 0.1) is 6.10 Å². The van der Waals surface area contributed by atoms with Gasteiger partial charge in [-0.2, -0.15) is 0 Å². The van der Waals surface area contributed by atoms with Crippen molar-refractivity contribution in [1.29, 1.82) is 0 Å². The Hall–Kier alpha value is -0.930. The molecule has 1 heterocycles. The minimum atomic E-state index is -0.169. The summed E-state index contributed by atoms with van der Waals surface area (Å²) in [5.41, 5.74) is 1.20. The molecule has 100 valence electrons. The molecule has 1 aliphatic rings. The van der Waals surface area contributed by atoms with Crippen molar-refractivity contribution >= 4 is 0 Å². The van der Waals surface area contributed by atoms with Crippen molar-refractivity contribution in [2.24, 2.45) is 0 Å². The lowest BCUT2D eigenvalue weighted by Gasteiger charge is -2.35. The molecule has 2 unspecified atom stereocenters. The Kier molecular flexibility index (Phi) is 4.72. The third-order valence-electron chi connectivity index (χ3n) is 3.81. The zero-order valence-corrected chi connectivity index (χ0v) is 11.0. The molecule has 0 bridgehead atoms. The Morgan fingerprint density at radius 3 is 2.72 bits per heavy atom. The molecule has 2 nitrogen and oxygen atoms in total. The number of likely N-dealkylation sites (tertiary alicyclic amines) is 1. The molecule has 0 amide bonds. The van der Waals surface area contributed by atoms with E-state index in [9.17, 15) is 9.50 Å². The van der Waals surface area contributed by atoms with Crippen LogP contribution in [0.25, 0.3) is 0 Å². The normalized spacial score (nSPS) is 25.3. The van der Waals surface area contributed by atoms with Crippen molar-refractivity contribution in [3.05, 3.63) is 35.6 Å². The van der Waals surface area contributed by atoms with E-state index in [2.05, 4.69) is 11.8 Å². The first-order valence-electron chi connectivity index (χ1n) is 6.81. The number of hydrogen-bond acceptors (Lipinski definition) is 2. The Bertz CT molecular complexity index is 365. The molecule has 2 rings (SSSR count). The number of nitrogens with zero attached hydrogens (tertiary/aromatic N) is 1. The largest absolute Gasteiger partial charge is 0.393 e. The van der Waals surface area contributed by atoms with Gasteiger partial charge in [0.2, 0.25) is 0 Å². The van der Waals surface area contributed by atoms with E-state index in [1.54, 1.807) is 0 Å². The molecule has 1 aliphatic heterocycles. The van der Waals surface area contributed by atoms with Gasteiger partial charge in [0.15, 0.2) is 0 Å². The summed E-state index contributed by atoms with van der Waals surface area (Å²) in [6.07, 6.45) is 3.74. The number of hydrogen-bond donors (Lipinski definition) is 1. The van der Waals surface area contributed by atoms with E-state index in [1.165, 1.54) is 17.7 Å². The Balaban J connectivity index is 1.73. The zero-order chi connectivity index (χ0) is 13.0. The summed E-state index contributed by atoms with van der Waals surface area (Å²) < 4.78 is 12.8. The highest BCUT2D eigenvalue weighted by Gasteiger charge is 2.23. The van der Waals surface area contributed by atoms with E-state index in [4.69, 9.17) is 0 Å². The molecular weight excluding hydrogens is 229 g/mol. The molecular formula is C15H22FNO. The van der Waals surface area contributed by atoms with Crippen molar-refractivity contribution in [3.63, 3.8) is 0 Å². The fraction of sp³-hybridized carbons (Fsp3) is 0.600. The topological polar surface area (TPSA) is 23.5 Å². The molecule has 1 N–H and O–H groups in total. The maximum atomic E-state index is 12.8. The van der Waals surface area contributed by atoms with Crippen LogP contribution < -0.4 is 0 Å². The van der Waals surface area contributed by atoms with Crippen LogP contribution >= 0.6 is 0 Å². The van der Waals surface area contributed by atoms with E-state index in [-0.39, 0.29) is 11.9 Å². The summed E-state index contributed by atoms with van der Waals surface area (Å²) in [7, 11) is 0. The molecule has 0 aliphatic carbocycles. The van der Waals surface area contributed by atoms with Gasteiger partial charge in [-0.25, -0.2) is 4.39 Å². The Morgan fingerprint density at radius 2 is 2.06 bits per heavy atom. The smallest absolute Gasteiger partial charge is 0.123 e. The van der Waals surface area contributed by atoms with E-state index < -0.39 is 0 Å². The number of piperidine rings is 1. The number of aryl methyl sites for hydroxylation is 1. The average molecular weight is 251 g/mol. The van der Waals surface area contributed by atoms with Gasteiger partial charge in [0, 0.05) is 12.6 Å². The Morgan fingerprint density at radius 1 is 1.33 bits per heavy atom. The van der Waals surface area contributed by atoms with Crippen molar-refractivity contribution < 1.29 is 9.50 Å². The van der Waals surface area contributed by atoms with Gasteiger partial charge in [-0.3, -0.25) is 0 Å². The minimum Gasteiger partial charge on any atom is -0.393 e. The highest BCUT2D eigenvalue weighted by atomic mass is 19.1. The second kappa shape index (κ2) is 6.30. The van der Waals surface area contributed by atoms with Gasteiger partial charge in [-0.15, -0.1) is 0 Å². The second-order valence-electron chi connectivity index (χ2n) is 5.29. The van der Waals surface area contributed by atoms with Crippen molar-refractivity contribution in [2.75, 3.05) is 13.1 Å². The summed E-state index contributed by atoms with van der Waals surface area (Å²) in [6, 6.07) is 7.24. The van der Waals surface area contributed by atoms with Gasteiger partial charge < -0.3 is 10.0 Å². The predicted molar refractivity (Wildman–Crippen MR) is 71.0 cm³/mol. The number of halogens is 1. The standard InChI is InChI=1S/C15H22FNO/c1-12-11-15(18)8-10-17(12)9-2-3-13-4-6-14(16)7-5-13/h4-7,12,15,18H,2-3,8-11H2,1H3. The van der Waals surface area contributed by atoms with Crippen molar-refractivity contribution in [3.8, 4) is 0 Å². The van der Waals surface area contributed by atoms with Crippen molar-refractivity contribution in [1.82, 2.24) is 4.90 Å². The van der Waals surface area contributed by atoms with Gasteiger partial charge in [0.25, 0.3) is 0 Å². The SMILES string of the molecule is CC1CC(O)CCN1CCCc1ccc(F)cc1. The van der Waals surface area contributed by atoms with Crippen LogP contribution in [0.1, 0.15) is 31.7 Å². The molecule has 1 aromatic rings. The minimum absolute atomic E-state index is 0.117. The highest BCUT2D eigenvalue weighted by molar-refractivity contribution is 5.16. The highest BCUT2D eigenvalue weighted by Crippen LogP contribution is 2.17. The van der Waals surface area contributed by atoms with Gasteiger partial charge >= 0.3 is 0 Å². The second-order valence-corrected chi connectivity index (χ2v) is 5.29. The summed E-state index contributed by atoms with van der Waals surface area (Å²) in [5, 5.41) is 9.56. The number of rotatable bonds is 4. The fourth-order valence-electron chi connectivity index (χ4n) is 2.67. The molecule has 0 saturated carbocycles. The first-order valence-corrected chi connectivity index (χ1v) is 6.81. The van der Waals surface area contributed by atoms with Crippen LogP contribution in [0.3, 0.4) is 0 Å². The van der Waals surface area contributed by atoms with Crippen LogP contribution in [-0.4, -0.2) is 35.2 Å². The summed E-state index contributed by atoms with van der Waals surface area (Å²) >= 11 is 0. The zero-order valence-electron chi connectivity index (χ0n) is 11.0. The molecule has 3 heteroatoms. The van der Waals surface area contributed by atoms with Gasteiger partial charge in [-0.05, 0) is 56.8 Å². The summed E-state index contributed by atoms with van der Waals surface area (Å²) in [6.45, 7) is 4.23. The van der Waals surface area contributed by atoms with E-state index in [0.717, 1.165) is 38.8 Å². The lowest BCUT2D eigenvalue weighted by atomic mass is 10.00. The molecule has 0 aromatic heterocycles. The first-order chi connectivity index (χ1) is 8.65. The van der Waals surface area contributed by atoms with Crippen LogP contribution in [0.5, 0.6) is 0 Å². The molecule has 1 fully saturated rings. The van der Waals surface area contributed by atoms with Crippen LogP contribution in [-0.2, 0) is 6.42 Å². The molecule has 0 spiro atoms. The quantitative estimate of drug-likeness (QED) is 0.889. The number of aliphatic hydroxyl groups is 1. The van der Waals surface area contributed by atoms with E-state index in [0.29, 0.717) is 6.04 Å². The monoisotopic (exact) mass is 251 g/mol. The third-order valence-corrected chi connectivity index (χ3v) is 3.81.